The number of methoxy groups -OCH3 is 1. The van der Waals surface area contributed by atoms with Crippen molar-refractivity contribution in [3.63, 3.8) is 0 Å². The summed E-state index contributed by atoms with van der Waals surface area (Å²) in [6.07, 6.45) is 1.19. The van der Waals surface area contributed by atoms with Crippen LogP contribution >= 0.6 is 0 Å². The maximum absolute atomic E-state index is 12.1. The number of anilines is 1. The van der Waals surface area contributed by atoms with Crippen molar-refractivity contribution >= 4 is 28.5 Å². The van der Waals surface area contributed by atoms with Gasteiger partial charge in [-0.1, -0.05) is 0 Å². The molecular formula is C21H31N5O5. The van der Waals surface area contributed by atoms with E-state index >= 15 is 0 Å². The van der Waals surface area contributed by atoms with Crippen molar-refractivity contribution < 1.29 is 19.2 Å². The first-order valence-electron chi connectivity index (χ1n) is 10.5. The minimum Gasteiger partial charge on any atom is -0.444 e. The number of ether oxygens (including phenoxy) is 2. The van der Waals surface area contributed by atoms with Crippen LogP contribution < -0.4 is 10.2 Å². The van der Waals surface area contributed by atoms with Gasteiger partial charge in [-0.25, -0.2) is 9.78 Å². The fraction of sp³-hybridized carbons (Fsp3) is 0.619. The van der Waals surface area contributed by atoms with Gasteiger partial charge in [0.15, 0.2) is 0 Å². The number of imidazole rings is 1. The molecule has 1 aliphatic heterocycles. The maximum atomic E-state index is 12.1. The highest BCUT2D eigenvalue weighted by molar-refractivity contribution is 5.95. The zero-order valence-electron chi connectivity index (χ0n) is 18.8. The predicted molar refractivity (Wildman–Crippen MR) is 118 cm³/mol. The predicted octanol–water partition coefficient (Wildman–Crippen LogP) is 3.39. The average Bonchev–Trinajstić information content (AvgIpc) is 3.26. The summed E-state index contributed by atoms with van der Waals surface area (Å²) in [5.41, 5.74) is 1.38. The van der Waals surface area contributed by atoms with Gasteiger partial charge in [0.1, 0.15) is 22.6 Å². The van der Waals surface area contributed by atoms with Gasteiger partial charge in [-0.2, -0.15) is 0 Å². The summed E-state index contributed by atoms with van der Waals surface area (Å²) in [5.74, 6) is 0.774. The van der Waals surface area contributed by atoms with E-state index in [2.05, 4.69) is 10.3 Å². The van der Waals surface area contributed by atoms with E-state index in [4.69, 9.17) is 9.47 Å². The molecule has 2 heterocycles. The van der Waals surface area contributed by atoms with Gasteiger partial charge >= 0.3 is 6.09 Å². The molecule has 0 spiro atoms. The highest BCUT2D eigenvalue weighted by Gasteiger charge is 2.33. The zero-order chi connectivity index (χ0) is 22.8. The third-order valence-corrected chi connectivity index (χ3v) is 5.32. The fourth-order valence-electron chi connectivity index (χ4n) is 4.04. The van der Waals surface area contributed by atoms with Gasteiger partial charge in [0.2, 0.25) is 0 Å². The van der Waals surface area contributed by atoms with Gasteiger partial charge in [0, 0.05) is 38.9 Å². The number of aryl methyl sites for hydroxylation is 1. The second-order valence-electron chi connectivity index (χ2n) is 8.73. The number of nitro benzene ring substituents is 1. The van der Waals surface area contributed by atoms with Crippen LogP contribution in [0.25, 0.3) is 11.0 Å². The summed E-state index contributed by atoms with van der Waals surface area (Å²) < 4.78 is 12.5. The normalized spacial score (nSPS) is 16.7. The van der Waals surface area contributed by atoms with Crippen LogP contribution in [0.3, 0.4) is 0 Å². The second kappa shape index (κ2) is 9.09. The van der Waals surface area contributed by atoms with Crippen LogP contribution in [-0.2, 0) is 16.0 Å². The van der Waals surface area contributed by atoms with Crippen molar-refractivity contribution in [3.05, 3.63) is 28.1 Å². The highest BCUT2D eigenvalue weighted by atomic mass is 16.6. The molecule has 0 bridgehead atoms. The molecule has 1 aromatic heterocycles. The van der Waals surface area contributed by atoms with Gasteiger partial charge in [0.05, 0.1) is 17.0 Å². The van der Waals surface area contributed by atoms with E-state index in [1.807, 2.05) is 16.4 Å². The van der Waals surface area contributed by atoms with Crippen molar-refractivity contribution in [2.75, 3.05) is 31.7 Å². The average molecular weight is 434 g/mol. The molecule has 170 valence electrons. The highest BCUT2D eigenvalue weighted by Crippen LogP contribution is 2.39. The van der Waals surface area contributed by atoms with Crippen molar-refractivity contribution in [1.29, 1.82) is 0 Å². The van der Waals surface area contributed by atoms with Crippen molar-refractivity contribution in [2.45, 2.75) is 58.7 Å². The topological polar surface area (TPSA) is 112 Å². The van der Waals surface area contributed by atoms with E-state index in [0.717, 1.165) is 24.2 Å². The second-order valence-corrected chi connectivity index (χ2v) is 8.73. The molecule has 10 nitrogen and oxygen atoms in total. The molecule has 0 saturated carbocycles. The standard InChI is InChI=1S/C21H31N5O5/c1-14-23-18-16(24(14)11-12-30-5)8-9-17(26(28)29)19(18)25-10-6-7-15(25)13-22-20(27)31-21(2,3)4/h8-9,15H,6-7,10-13H2,1-5H3,(H,22,27)/t15-/m0/s1. The van der Waals surface area contributed by atoms with Crippen LogP contribution in [0.5, 0.6) is 0 Å². The third-order valence-electron chi connectivity index (χ3n) is 5.32. The van der Waals surface area contributed by atoms with Crippen molar-refractivity contribution in [1.82, 2.24) is 14.9 Å². The fourth-order valence-corrected chi connectivity index (χ4v) is 4.04. The smallest absolute Gasteiger partial charge is 0.407 e. The van der Waals surface area contributed by atoms with Crippen LogP contribution in [-0.4, -0.2) is 59.0 Å². The Morgan fingerprint density at radius 1 is 1.39 bits per heavy atom. The molecule has 1 amide bonds. The van der Waals surface area contributed by atoms with Crippen LogP contribution in [0.2, 0.25) is 0 Å². The molecule has 1 aromatic carbocycles. The Kier molecular flexibility index (Phi) is 6.68. The molecule has 2 aromatic rings. The van der Waals surface area contributed by atoms with Crippen molar-refractivity contribution in [3.8, 4) is 0 Å². The van der Waals surface area contributed by atoms with Gasteiger partial charge in [-0.3, -0.25) is 10.1 Å². The number of amides is 1. The molecule has 1 saturated heterocycles. The molecule has 1 fully saturated rings. The monoisotopic (exact) mass is 433 g/mol. The van der Waals surface area contributed by atoms with Gasteiger partial charge in [-0.15, -0.1) is 0 Å². The van der Waals surface area contributed by atoms with Gasteiger partial charge in [-0.05, 0) is 46.6 Å². The first kappa shape index (κ1) is 22.8. The number of hydrogen-bond donors (Lipinski definition) is 1. The molecule has 0 aliphatic carbocycles. The number of aromatic nitrogens is 2. The summed E-state index contributed by atoms with van der Waals surface area (Å²) in [5, 5.41) is 14.7. The minimum atomic E-state index is -0.587. The largest absolute Gasteiger partial charge is 0.444 e. The molecule has 10 heteroatoms. The number of hydrogen-bond acceptors (Lipinski definition) is 7. The first-order chi connectivity index (χ1) is 14.6. The summed E-state index contributed by atoms with van der Waals surface area (Å²) in [6.45, 7) is 9.43. The maximum Gasteiger partial charge on any atom is 0.407 e. The van der Waals surface area contributed by atoms with Crippen LogP contribution in [0.15, 0.2) is 12.1 Å². The number of fused-ring (bicyclic) bond motifs is 1. The molecule has 1 N–H and O–H groups in total. The molecule has 31 heavy (non-hydrogen) atoms. The van der Waals surface area contributed by atoms with Crippen molar-refractivity contribution in [2.24, 2.45) is 0 Å². The Bertz CT molecular complexity index is 965. The molecule has 0 unspecified atom stereocenters. The van der Waals surface area contributed by atoms with E-state index in [1.54, 1.807) is 40.0 Å². The summed E-state index contributed by atoms with van der Waals surface area (Å²) in [6, 6.07) is 3.20. The third kappa shape index (κ3) is 5.07. The van der Waals surface area contributed by atoms with Crippen LogP contribution in [0, 0.1) is 17.0 Å². The van der Waals surface area contributed by atoms with E-state index < -0.39 is 11.7 Å². The number of alkyl carbamates (subject to hydrolysis) is 1. The molecule has 3 rings (SSSR count). The Morgan fingerprint density at radius 2 is 2.13 bits per heavy atom. The summed E-state index contributed by atoms with van der Waals surface area (Å²) >= 11 is 0. The van der Waals surface area contributed by atoms with Gasteiger partial charge in [0.25, 0.3) is 5.69 Å². The zero-order valence-corrected chi connectivity index (χ0v) is 18.8. The number of carbonyl (C=O) groups excluding carboxylic acids is 1. The quantitative estimate of drug-likeness (QED) is 0.526. The minimum absolute atomic E-state index is 0.0214. The lowest BCUT2D eigenvalue weighted by Crippen LogP contribution is -2.42. The molecule has 1 atom stereocenters. The number of nitrogens with zero attached hydrogens (tertiary/aromatic N) is 4. The number of nitro groups is 1. The lowest BCUT2D eigenvalue weighted by atomic mass is 10.1. The Morgan fingerprint density at radius 3 is 2.77 bits per heavy atom. The van der Waals surface area contributed by atoms with E-state index in [1.165, 1.54) is 0 Å². The van der Waals surface area contributed by atoms with Crippen LogP contribution in [0.1, 0.15) is 39.4 Å². The molecule has 0 radical (unpaired) electrons. The van der Waals surface area contributed by atoms with E-state index in [0.29, 0.717) is 37.4 Å². The SMILES string of the molecule is COCCn1c(C)nc2c(N3CCC[C@H]3CNC(=O)OC(C)(C)C)c([N+](=O)[O-])ccc21. The Balaban J connectivity index is 1.94. The number of carbonyl (C=O) groups is 1. The first-order valence-corrected chi connectivity index (χ1v) is 10.5. The lowest BCUT2D eigenvalue weighted by molar-refractivity contribution is -0.384. The molecular weight excluding hydrogens is 402 g/mol. The van der Waals surface area contributed by atoms with Gasteiger partial charge < -0.3 is 24.3 Å². The summed E-state index contributed by atoms with van der Waals surface area (Å²) in [4.78, 5) is 30.3. The number of benzene rings is 1. The Hall–Kier alpha value is -2.88. The Labute approximate surface area is 181 Å². The number of rotatable bonds is 7. The van der Waals surface area contributed by atoms with E-state index in [-0.39, 0.29) is 16.7 Å². The number of nitrogens with one attached hydrogen (secondary N) is 1. The summed E-state index contributed by atoms with van der Waals surface area (Å²) in [7, 11) is 1.64. The van der Waals surface area contributed by atoms with Crippen LogP contribution in [0.4, 0.5) is 16.2 Å². The van der Waals surface area contributed by atoms with E-state index in [9.17, 15) is 14.9 Å². The molecule has 1 aliphatic rings. The lowest BCUT2D eigenvalue weighted by Gasteiger charge is -2.27.